The largest absolute Gasteiger partial charge is 0.475 e. The van der Waals surface area contributed by atoms with Crippen LogP contribution >= 0.6 is 0 Å². The molecule has 0 aliphatic heterocycles. The van der Waals surface area contributed by atoms with Crippen LogP contribution in [0.1, 0.15) is 49.9 Å². The molecule has 1 amide bonds. The Morgan fingerprint density at radius 1 is 1.11 bits per heavy atom. The van der Waals surface area contributed by atoms with Gasteiger partial charge in [-0.2, -0.15) is 0 Å². The van der Waals surface area contributed by atoms with Crippen LogP contribution in [0, 0.1) is 11.7 Å². The van der Waals surface area contributed by atoms with Crippen molar-refractivity contribution in [2.45, 2.75) is 51.6 Å². The van der Waals surface area contributed by atoms with Gasteiger partial charge in [-0.1, -0.05) is 26.7 Å². The molecule has 1 saturated carbocycles. The van der Waals surface area contributed by atoms with Crippen LogP contribution < -0.4 is 26.8 Å². The van der Waals surface area contributed by atoms with Crippen molar-refractivity contribution in [1.29, 1.82) is 0 Å². The maximum atomic E-state index is 14.8. The number of halogens is 1. The van der Waals surface area contributed by atoms with Crippen molar-refractivity contribution in [3.63, 3.8) is 0 Å². The third-order valence-electron chi connectivity index (χ3n) is 6.24. The second kappa shape index (κ2) is 12.2. The molecule has 1 aromatic carbocycles. The molecule has 9 nitrogen and oxygen atoms in total. The van der Waals surface area contributed by atoms with Crippen LogP contribution in [-0.4, -0.2) is 47.8 Å². The zero-order valence-electron chi connectivity index (χ0n) is 21.3. The number of rotatable bonds is 11. The van der Waals surface area contributed by atoms with E-state index in [-0.39, 0.29) is 29.3 Å². The minimum atomic E-state index is -0.781. The van der Waals surface area contributed by atoms with E-state index in [1.54, 1.807) is 12.1 Å². The molecule has 0 bridgehead atoms. The number of anilines is 3. The van der Waals surface area contributed by atoms with Gasteiger partial charge in [-0.05, 0) is 49.1 Å². The lowest BCUT2D eigenvalue weighted by Crippen LogP contribution is -2.43. The van der Waals surface area contributed by atoms with Gasteiger partial charge in [0.05, 0.1) is 17.7 Å². The average Bonchev–Trinajstić information content (AvgIpc) is 2.86. The standard InChI is InChI=1S/C27H35FN6O3/c1-16(2)15-36-11-12-37-24-10-7-17-13-18(8-9-22(17)32-24)31-26-19(25(30)35)14-20(28)27(34-26)33-23-6-4-3-5-21(23)29/h7-10,13-14,16,21,23H,3-6,11-12,15,29H2,1-2H3,(H2,30,35)(H2,31,33,34)/t21?,23-/m1/s1. The number of amides is 1. The number of carbonyl (C=O) groups excluding carboxylic acids is 1. The molecule has 2 aromatic heterocycles. The number of pyridine rings is 2. The molecule has 10 heteroatoms. The quantitative estimate of drug-likeness (QED) is 0.280. The Bertz CT molecular complexity index is 1240. The van der Waals surface area contributed by atoms with Gasteiger partial charge in [0.15, 0.2) is 11.6 Å². The molecule has 6 N–H and O–H groups in total. The van der Waals surface area contributed by atoms with Crippen molar-refractivity contribution >= 4 is 34.1 Å². The van der Waals surface area contributed by atoms with Gasteiger partial charge in [0, 0.05) is 35.8 Å². The topological polar surface area (TPSA) is 137 Å². The fraction of sp³-hybridized carbons (Fsp3) is 0.444. The van der Waals surface area contributed by atoms with Crippen LogP contribution in [0.25, 0.3) is 10.9 Å². The highest BCUT2D eigenvalue weighted by Crippen LogP contribution is 2.28. The third-order valence-corrected chi connectivity index (χ3v) is 6.24. The highest BCUT2D eigenvalue weighted by Gasteiger charge is 2.24. The molecule has 198 valence electrons. The Morgan fingerprint density at radius 3 is 2.68 bits per heavy atom. The van der Waals surface area contributed by atoms with Crippen LogP contribution in [0.3, 0.4) is 0 Å². The smallest absolute Gasteiger partial charge is 0.252 e. The van der Waals surface area contributed by atoms with Gasteiger partial charge in [-0.3, -0.25) is 4.79 Å². The normalized spacial score (nSPS) is 17.6. The van der Waals surface area contributed by atoms with E-state index in [9.17, 15) is 9.18 Å². The molecule has 37 heavy (non-hydrogen) atoms. The maximum absolute atomic E-state index is 14.8. The van der Waals surface area contributed by atoms with Crippen molar-refractivity contribution in [2.75, 3.05) is 30.5 Å². The van der Waals surface area contributed by atoms with E-state index in [0.717, 1.165) is 42.7 Å². The lowest BCUT2D eigenvalue weighted by Gasteiger charge is -2.30. The number of benzene rings is 1. The SMILES string of the molecule is CC(C)COCCOc1ccc2cc(Nc3nc(N[C@@H]4CCCCC4N)c(F)cc3C(N)=O)ccc2n1. The van der Waals surface area contributed by atoms with E-state index in [4.69, 9.17) is 20.9 Å². The Kier molecular flexibility index (Phi) is 8.73. The van der Waals surface area contributed by atoms with E-state index in [0.29, 0.717) is 37.3 Å². The van der Waals surface area contributed by atoms with Crippen molar-refractivity contribution in [3.8, 4) is 5.88 Å². The van der Waals surface area contributed by atoms with Gasteiger partial charge < -0.3 is 31.6 Å². The summed E-state index contributed by atoms with van der Waals surface area (Å²) in [4.78, 5) is 20.9. The number of fused-ring (bicyclic) bond motifs is 1. The summed E-state index contributed by atoms with van der Waals surface area (Å²) in [5.41, 5.74) is 13.1. The fourth-order valence-electron chi connectivity index (χ4n) is 4.31. The van der Waals surface area contributed by atoms with Gasteiger partial charge in [-0.25, -0.2) is 14.4 Å². The molecule has 1 fully saturated rings. The molecule has 1 unspecified atom stereocenters. The zero-order chi connectivity index (χ0) is 26.4. The van der Waals surface area contributed by atoms with Gasteiger partial charge in [0.2, 0.25) is 5.88 Å². The molecule has 2 atom stereocenters. The Hall–Kier alpha value is -3.50. The fourth-order valence-corrected chi connectivity index (χ4v) is 4.31. The molecular formula is C27H35FN6O3. The first-order valence-corrected chi connectivity index (χ1v) is 12.7. The minimum absolute atomic E-state index is 0.0384. The Balaban J connectivity index is 1.49. The third kappa shape index (κ3) is 7.05. The monoisotopic (exact) mass is 510 g/mol. The van der Waals surface area contributed by atoms with Crippen molar-refractivity contribution in [3.05, 3.63) is 47.8 Å². The molecule has 0 radical (unpaired) electrons. The molecule has 0 spiro atoms. The lowest BCUT2D eigenvalue weighted by molar-refractivity contribution is 0.0807. The summed E-state index contributed by atoms with van der Waals surface area (Å²) in [6.07, 6.45) is 3.77. The number of hydrogen-bond acceptors (Lipinski definition) is 8. The summed E-state index contributed by atoms with van der Waals surface area (Å²) in [5.74, 6) is -0.248. The highest BCUT2D eigenvalue weighted by molar-refractivity contribution is 5.99. The van der Waals surface area contributed by atoms with E-state index in [2.05, 4.69) is 34.4 Å². The first-order valence-electron chi connectivity index (χ1n) is 12.7. The lowest BCUT2D eigenvalue weighted by atomic mass is 9.91. The van der Waals surface area contributed by atoms with Crippen LogP contribution in [-0.2, 0) is 4.74 Å². The van der Waals surface area contributed by atoms with Crippen LogP contribution in [0.4, 0.5) is 21.7 Å². The molecule has 0 saturated heterocycles. The molecule has 1 aliphatic carbocycles. The molecule has 4 rings (SSSR count). The van der Waals surface area contributed by atoms with E-state index in [1.807, 2.05) is 18.2 Å². The predicted molar refractivity (Wildman–Crippen MR) is 143 cm³/mol. The molecular weight excluding hydrogens is 475 g/mol. The number of primary amides is 1. The molecule has 1 aliphatic rings. The van der Waals surface area contributed by atoms with E-state index in [1.165, 1.54) is 0 Å². The maximum Gasteiger partial charge on any atom is 0.252 e. The van der Waals surface area contributed by atoms with Gasteiger partial charge in [0.25, 0.3) is 5.91 Å². The van der Waals surface area contributed by atoms with Gasteiger partial charge in [-0.15, -0.1) is 0 Å². The number of ether oxygens (including phenoxy) is 2. The second-order valence-electron chi connectivity index (χ2n) is 9.78. The van der Waals surface area contributed by atoms with Crippen LogP contribution in [0.15, 0.2) is 36.4 Å². The summed E-state index contributed by atoms with van der Waals surface area (Å²) < 4.78 is 26.0. The van der Waals surface area contributed by atoms with E-state index < -0.39 is 11.7 Å². The number of hydrogen-bond donors (Lipinski definition) is 4. The first kappa shape index (κ1) is 26.6. The van der Waals surface area contributed by atoms with Crippen LogP contribution in [0.5, 0.6) is 5.88 Å². The Morgan fingerprint density at radius 2 is 1.92 bits per heavy atom. The van der Waals surface area contributed by atoms with E-state index >= 15 is 0 Å². The van der Waals surface area contributed by atoms with Crippen molar-refractivity contribution < 1.29 is 18.7 Å². The summed E-state index contributed by atoms with van der Waals surface area (Å²) in [7, 11) is 0. The van der Waals surface area contributed by atoms with Crippen LogP contribution in [0.2, 0.25) is 0 Å². The molecule has 3 aromatic rings. The highest BCUT2D eigenvalue weighted by atomic mass is 19.1. The van der Waals surface area contributed by atoms with Crippen molar-refractivity contribution in [2.24, 2.45) is 17.4 Å². The predicted octanol–water partition coefficient (Wildman–Crippen LogP) is 4.34. The number of nitrogens with two attached hydrogens (primary N) is 2. The Labute approximate surface area is 216 Å². The number of nitrogens with one attached hydrogen (secondary N) is 2. The first-order chi connectivity index (χ1) is 17.8. The number of nitrogens with zero attached hydrogens (tertiary/aromatic N) is 2. The number of aromatic nitrogens is 2. The van der Waals surface area contributed by atoms with Gasteiger partial charge in [0.1, 0.15) is 12.4 Å². The summed E-state index contributed by atoms with van der Waals surface area (Å²) >= 11 is 0. The molecule has 2 heterocycles. The summed E-state index contributed by atoms with van der Waals surface area (Å²) in [6.45, 7) is 5.80. The zero-order valence-corrected chi connectivity index (χ0v) is 21.3. The summed E-state index contributed by atoms with van der Waals surface area (Å²) in [6, 6.07) is 10.1. The number of carbonyl (C=O) groups is 1. The van der Waals surface area contributed by atoms with Crippen molar-refractivity contribution in [1.82, 2.24) is 9.97 Å². The average molecular weight is 511 g/mol. The second-order valence-corrected chi connectivity index (χ2v) is 9.78. The van der Waals surface area contributed by atoms with Gasteiger partial charge >= 0.3 is 0 Å². The summed E-state index contributed by atoms with van der Waals surface area (Å²) in [5, 5.41) is 7.08. The minimum Gasteiger partial charge on any atom is -0.475 e.